The number of pyridine rings is 1. The van der Waals surface area contributed by atoms with Gasteiger partial charge in [0.2, 0.25) is 5.91 Å². The minimum atomic E-state index is -0.310. The number of aryl methyl sites for hydroxylation is 1. The van der Waals surface area contributed by atoms with E-state index in [2.05, 4.69) is 5.32 Å². The van der Waals surface area contributed by atoms with Gasteiger partial charge in [0.1, 0.15) is 0 Å². The normalized spacial score (nSPS) is 17.2. The second kappa shape index (κ2) is 5.72. The predicted molar refractivity (Wildman–Crippen MR) is 87.6 cm³/mol. The molecule has 1 N–H and O–H groups in total. The number of hydrogen-bond acceptors (Lipinski definition) is 3. The maximum atomic E-state index is 12.9. The van der Waals surface area contributed by atoms with Crippen molar-refractivity contribution in [2.45, 2.75) is 19.4 Å². The lowest BCUT2D eigenvalue weighted by molar-refractivity contribution is -0.116. The molecule has 2 amide bonds. The molecule has 0 bridgehead atoms. The molecule has 1 atom stereocenters. The topological polar surface area (TPSA) is 71.4 Å². The lowest BCUT2D eigenvalue weighted by Crippen LogP contribution is -2.39. The van der Waals surface area contributed by atoms with Crippen LogP contribution in [-0.4, -0.2) is 22.4 Å². The summed E-state index contributed by atoms with van der Waals surface area (Å²) >= 11 is 0. The van der Waals surface area contributed by atoms with E-state index in [0.717, 1.165) is 0 Å². The summed E-state index contributed by atoms with van der Waals surface area (Å²) in [5.74, 6) is -0.427. The van der Waals surface area contributed by atoms with Crippen molar-refractivity contribution >= 4 is 23.2 Å². The van der Waals surface area contributed by atoms with Crippen molar-refractivity contribution in [3.8, 4) is 0 Å². The maximum Gasteiger partial charge on any atom is 0.258 e. The molecule has 0 aliphatic carbocycles. The highest BCUT2D eigenvalue weighted by molar-refractivity contribution is 6.11. The second-order valence-corrected chi connectivity index (χ2v) is 5.66. The van der Waals surface area contributed by atoms with Gasteiger partial charge in [0.25, 0.3) is 11.5 Å². The lowest BCUT2D eigenvalue weighted by Gasteiger charge is -2.27. The number of nitrogens with zero attached hydrogens (tertiary/aromatic N) is 2. The van der Waals surface area contributed by atoms with Gasteiger partial charge in [-0.05, 0) is 25.1 Å². The fourth-order valence-electron chi connectivity index (χ4n) is 2.72. The SMILES string of the molecule is C[C@@H]1CC(=O)Nc2ccccc2N1C(=O)c1ccn(C)c(=O)c1. The highest BCUT2D eigenvalue weighted by Crippen LogP contribution is 2.32. The maximum absolute atomic E-state index is 12.9. The standard InChI is InChI=1S/C17H17N3O3/c1-11-9-15(21)18-13-5-3-4-6-14(13)20(11)17(23)12-7-8-19(2)16(22)10-12/h3-8,10-11H,9H2,1-2H3,(H,18,21)/t11-/m1/s1. The Hall–Kier alpha value is -2.89. The molecule has 0 spiro atoms. The van der Waals surface area contributed by atoms with E-state index in [1.54, 1.807) is 42.4 Å². The summed E-state index contributed by atoms with van der Waals surface area (Å²) in [6.07, 6.45) is 1.76. The van der Waals surface area contributed by atoms with E-state index in [4.69, 9.17) is 0 Å². The van der Waals surface area contributed by atoms with Crippen LogP contribution < -0.4 is 15.8 Å². The predicted octanol–water partition coefficient (Wildman–Crippen LogP) is 1.76. The molecule has 0 fully saturated rings. The van der Waals surface area contributed by atoms with Gasteiger partial charge in [0, 0.05) is 37.3 Å². The number of aromatic nitrogens is 1. The average molecular weight is 311 g/mol. The average Bonchev–Trinajstić information content (AvgIpc) is 2.63. The van der Waals surface area contributed by atoms with E-state index < -0.39 is 0 Å². The van der Waals surface area contributed by atoms with Gasteiger partial charge in [-0.3, -0.25) is 14.4 Å². The van der Waals surface area contributed by atoms with Crippen LogP contribution in [0.1, 0.15) is 23.7 Å². The van der Waals surface area contributed by atoms with Crippen LogP contribution in [0.25, 0.3) is 0 Å². The molecule has 1 aromatic carbocycles. The van der Waals surface area contributed by atoms with E-state index in [9.17, 15) is 14.4 Å². The molecule has 3 rings (SSSR count). The molecule has 1 aliphatic rings. The number of carbonyl (C=O) groups excluding carboxylic acids is 2. The van der Waals surface area contributed by atoms with Crippen molar-refractivity contribution in [3.05, 3.63) is 58.5 Å². The van der Waals surface area contributed by atoms with Crippen LogP contribution >= 0.6 is 0 Å². The summed E-state index contributed by atoms with van der Waals surface area (Å²) in [5.41, 5.74) is 1.29. The van der Waals surface area contributed by atoms with Gasteiger partial charge in [-0.25, -0.2) is 0 Å². The molecule has 0 saturated carbocycles. The van der Waals surface area contributed by atoms with Crippen molar-refractivity contribution in [3.63, 3.8) is 0 Å². The van der Waals surface area contributed by atoms with Crippen LogP contribution in [0.5, 0.6) is 0 Å². The van der Waals surface area contributed by atoms with Gasteiger partial charge in [-0.15, -0.1) is 0 Å². The highest BCUT2D eigenvalue weighted by Gasteiger charge is 2.30. The summed E-state index contributed by atoms with van der Waals surface area (Å²) in [6.45, 7) is 1.82. The zero-order valence-electron chi connectivity index (χ0n) is 12.9. The van der Waals surface area contributed by atoms with E-state index >= 15 is 0 Å². The summed E-state index contributed by atoms with van der Waals surface area (Å²) < 4.78 is 1.40. The van der Waals surface area contributed by atoms with Crippen LogP contribution in [-0.2, 0) is 11.8 Å². The molecule has 0 radical (unpaired) electrons. The van der Waals surface area contributed by atoms with Crippen LogP contribution in [0.15, 0.2) is 47.4 Å². The molecule has 2 aromatic rings. The van der Waals surface area contributed by atoms with Crippen molar-refractivity contribution < 1.29 is 9.59 Å². The number of benzene rings is 1. The molecule has 2 heterocycles. The van der Waals surface area contributed by atoms with Crippen LogP contribution in [0.2, 0.25) is 0 Å². The van der Waals surface area contributed by atoms with Crippen LogP contribution in [0, 0.1) is 0 Å². The Morgan fingerprint density at radius 3 is 2.70 bits per heavy atom. The number of fused-ring (bicyclic) bond motifs is 1. The van der Waals surface area contributed by atoms with Crippen molar-refractivity contribution in [2.24, 2.45) is 7.05 Å². The van der Waals surface area contributed by atoms with Crippen molar-refractivity contribution in [1.29, 1.82) is 0 Å². The zero-order valence-corrected chi connectivity index (χ0v) is 12.9. The Balaban J connectivity index is 2.09. The number of nitrogens with one attached hydrogen (secondary N) is 1. The van der Waals surface area contributed by atoms with E-state index in [1.165, 1.54) is 10.6 Å². The van der Waals surface area contributed by atoms with Crippen LogP contribution in [0.4, 0.5) is 11.4 Å². The highest BCUT2D eigenvalue weighted by atomic mass is 16.2. The van der Waals surface area contributed by atoms with Gasteiger partial charge in [-0.2, -0.15) is 0 Å². The summed E-state index contributed by atoms with van der Waals surface area (Å²) in [7, 11) is 1.63. The van der Waals surface area contributed by atoms with Gasteiger partial charge in [0.15, 0.2) is 0 Å². The third-order valence-corrected chi connectivity index (χ3v) is 3.93. The number of anilines is 2. The van der Waals surface area contributed by atoms with Crippen LogP contribution in [0.3, 0.4) is 0 Å². The molecule has 23 heavy (non-hydrogen) atoms. The number of hydrogen-bond donors (Lipinski definition) is 1. The molecule has 1 aliphatic heterocycles. The largest absolute Gasteiger partial charge is 0.324 e. The van der Waals surface area contributed by atoms with Crippen molar-refractivity contribution in [1.82, 2.24) is 4.57 Å². The first-order valence-corrected chi connectivity index (χ1v) is 7.36. The smallest absolute Gasteiger partial charge is 0.258 e. The Morgan fingerprint density at radius 1 is 1.22 bits per heavy atom. The first kappa shape index (κ1) is 15.0. The fraction of sp³-hybridized carbons (Fsp3) is 0.235. The molecular formula is C17H17N3O3. The number of rotatable bonds is 1. The Kier molecular flexibility index (Phi) is 3.73. The summed E-state index contributed by atoms with van der Waals surface area (Å²) in [5, 5.41) is 2.81. The quantitative estimate of drug-likeness (QED) is 0.872. The Bertz CT molecular complexity index is 841. The van der Waals surface area contributed by atoms with E-state index in [-0.39, 0.29) is 29.8 Å². The molecule has 6 nitrogen and oxygen atoms in total. The van der Waals surface area contributed by atoms with E-state index in [0.29, 0.717) is 16.9 Å². The molecule has 0 saturated heterocycles. The summed E-state index contributed by atoms with van der Waals surface area (Å²) in [4.78, 5) is 38.3. The molecule has 0 unspecified atom stereocenters. The third kappa shape index (κ3) is 2.75. The van der Waals surface area contributed by atoms with Gasteiger partial charge in [-0.1, -0.05) is 12.1 Å². The van der Waals surface area contributed by atoms with Gasteiger partial charge in [0.05, 0.1) is 11.4 Å². The minimum Gasteiger partial charge on any atom is -0.324 e. The van der Waals surface area contributed by atoms with Gasteiger partial charge >= 0.3 is 0 Å². The third-order valence-electron chi connectivity index (χ3n) is 3.93. The first-order chi connectivity index (χ1) is 11.0. The number of amides is 2. The molecule has 118 valence electrons. The number of carbonyl (C=O) groups is 2. The summed E-state index contributed by atoms with van der Waals surface area (Å²) in [6, 6.07) is 9.78. The number of para-hydroxylation sites is 2. The Labute approximate surface area is 133 Å². The Morgan fingerprint density at radius 2 is 1.96 bits per heavy atom. The molecule has 1 aromatic heterocycles. The lowest BCUT2D eigenvalue weighted by atomic mass is 10.1. The van der Waals surface area contributed by atoms with Crippen molar-refractivity contribution in [2.75, 3.05) is 10.2 Å². The monoisotopic (exact) mass is 311 g/mol. The van der Waals surface area contributed by atoms with E-state index in [1.807, 2.05) is 13.0 Å². The van der Waals surface area contributed by atoms with Gasteiger partial charge < -0.3 is 14.8 Å². The first-order valence-electron chi connectivity index (χ1n) is 7.36. The fourth-order valence-corrected chi connectivity index (χ4v) is 2.72. The second-order valence-electron chi connectivity index (χ2n) is 5.66. The zero-order chi connectivity index (χ0) is 16.6. The molecule has 6 heteroatoms. The molecular weight excluding hydrogens is 294 g/mol. The minimum absolute atomic E-state index is 0.135.